The highest BCUT2D eigenvalue weighted by atomic mass is 79.9. The summed E-state index contributed by atoms with van der Waals surface area (Å²) in [5, 5.41) is 0. The summed E-state index contributed by atoms with van der Waals surface area (Å²) >= 11 is 3.56. The normalized spacial score (nSPS) is 25.3. The summed E-state index contributed by atoms with van der Waals surface area (Å²) in [6.07, 6.45) is 2.48. The first-order valence-electron chi connectivity index (χ1n) is 3.35. The molecule has 0 heterocycles. The molecule has 0 saturated heterocycles. The molecule has 0 aliphatic heterocycles. The van der Waals surface area contributed by atoms with Crippen molar-refractivity contribution in [3.8, 4) is 0 Å². The third-order valence-electron chi connectivity index (χ3n) is 1.84. The van der Waals surface area contributed by atoms with Crippen molar-refractivity contribution in [2.75, 3.05) is 0 Å². The molecule has 0 aromatic carbocycles. The van der Waals surface area contributed by atoms with E-state index in [0.29, 0.717) is 5.41 Å². The predicted octanol–water partition coefficient (Wildman–Crippen LogP) is 3.48. The smallest absolute Gasteiger partial charge is 0.00545 e. The predicted molar refractivity (Wildman–Crippen MR) is 44.6 cm³/mol. The molecule has 0 unspecified atom stereocenters. The van der Waals surface area contributed by atoms with E-state index in [0.717, 1.165) is 0 Å². The fraction of sp³-hybridized carbons (Fsp3) is 0.750. The van der Waals surface area contributed by atoms with E-state index in [1.165, 1.54) is 22.9 Å². The van der Waals surface area contributed by atoms with Gasteiger partial charge in [0.15, 0.2) is 0 Å². The van der Waals surface area contributed by atoms with Crippen molar-refractivity contribution in [3.05, 3.63) is 10.1 Å². The van der Waals surface area contributed by atoms with Crippen LogP contribution in [0.3, 0.4) is 0 Å². The summed E-state index contributed by atoms with van der Waals surface area (Å²) in [6, 6.07) is 0. The number of hydrogen-bond acceptors (Lipinski definition) is 0. The average molecular weight is 189 g/mol. The zero-order valence-electron chi connectivity index (χ0n) is 6.29. The van der Waals surface area contributed by atoms with Gasteiger partial charge in [-0.25, -0.2) is 0 Å². The van der Waals surface area contributed by atoms with Crippen molar-refractivity contribution in [2.45, 2.75) is 33.6 Å². The molecule has 1 aliphatic carbocycles. The molecule has 1 aliphatic rings. The Morgan fingerprint density at radius 2 is 1.89 bits per heavy atom. The molecule has 0 aromatic heterocycles. The highest BCUT2D eigenvalue weighted by molar-refractivity contribution is 9.11. The van der Waals surface area contributed by atoms with Gasteiger partial charge in [0, 0.05) is 0 Å². The minimum absolute atomic E-state index is 0.517. The maximum absolute atomic E-state index is 3.56. The van der Waals surface area contributed by atoms with Gasteiger partial charge in [0.25, 0.3) is 0 Å². The molecule has 0 fully saturated rings. The zero-order valence-corrected chi connectivity index (χ0v) is 7.88. The third kappa shape index (κ3) is 1.57. The van der Waals surface area contributed by atoms with E-state index in [4.69, 9.17) is 0 Å². The highest BCUT2D eigenvalue weighted by Crippen LogP contribution is 2.43. The van der Waals surface area contributed by atoms with Gasteiger partial charge in [-0.05, 0) is 29.7 Å². The SMILES string of the molecule is CC1=C(Br)CC(C)(C)C1. The lowest BCUT2D eigenvalue weighted by Gasteiger charge is -2.15. The Balaban J connectivity index is 2.70. The van der Waals surface area contributed by atoms with Gasteiger partial charge >= 0.3 is 0 Å². The first kappa shape index (κ1) is 7.33. The van der Waals surface area contributed by atoms with Crippen LogP contribution in [0.5, 0.6) is 0 Å². The van der Waals surface area contributed by atoms with E-state index < -0.39 is 0 Å². The molecule has 0 nitrogen and oxygen atoms in total. The first-order valence-corrected chi connectivity index (χ1v) is 4.15. The van der Waals surface area contributed by atoms with Crippen molar-refractivity contribution >= 4 is 15.9 Å². The topological polar surface area (TPSA) is 0 Å². The Morgan fingerprint density at radius 3 is 2.00 bits per heavy atom. The molecule has 0 radical (unpaired) electrons. The summed E-state index contributed by atoms with van der Waals surface area (Å²) in [4.78, 5) is 0. The monoisotopic (exact) mass is 188 g/mol. The van der Waals surface area contributed by atoms with Crippen LogP contribution < -0.4 is 0 Å². The fourth-order valence-electron chi connectivity index (χ4n) is 1.45. The van der Waals surface area contributed by atoms with Crippen LogP contribution in [0.15, 0.2) is 10.1 Å². The van der Waals surface area contributed by atoms with Gasteiger partial charge in [-0.2, -0.15) is 0 Å². The van der Waals surface area contributed by atoms with Crippen LogP contribution in [-0.2, 0) is 0 Å². The maximum atomic E-state index is 3.56. The van der Waals surface area contributed by atoms with Gasteiger partial charge < -0.3 is 0 Å². The molecule has 0 N–H and O–H groups in total. The van der Waals surface area contributed by atoms with Crippen LogP contribution in [0.2, 0.25) is 0 Å². The van der Waals surface area contributed by atoms with E-state index in [9.17, 15) is 0 Å². The van der Waals surface area contributed by atoms with Gasteiger partial charge in [-0.1, -0.05) is 35.4 Å². The van der Waals surface area contributed by atoms with E-state index in [1.54, 1.807) is 0 Å². The van der Waals surface area contributed by atoms with Crippen LogP contribution >= 0.6 is 15.9 Å². The van der Waals surface area contributed by atoms with Crippen molar-refractivity contribution in [1.82, 2.24) is 0 Å². The highest BCUT2D eigenvalue weighted by Gasteiger charge is 2.26. The molecule has 0 spiro atoms. The molecular formula is C8H13Br. The van der Waals surface area contributed by atoms with Crippen molar-refractivity contribution in [2.24, 2.45) is 5.41 Å². The van der Waals surface area contributed by atoms with E-state index in [-0.39, 0.29) is 0 Å². The molecule has 0 atom stereocenters. The summed E-state index contributed by atoms with van der Waals surface area (Å²) in [7, 11) is 0. The Kier molecular flexibility index (Phi) is 1.73. The molecule has 0 aromatic rings. The molecule has 0 amide bonds. The number of rotatable bonds is 0. The first-order chi connectivity index (χ1) is 4.01. The largest absolute Gasteiger partial charge is 0.0626 e. The number of halogens is 1. The molecule has 0 bridgehead atoms. The molecule has 0 saturated carbocycles. The molecule has 52 valence electrons. The van der Waals surface area contributed by atoms with E-state index in [1.807, 2.05) is 0 Å². The minimum atomic E-state index is 0.517. The molecule has 1 rings (SSSR count). The van der Waals surface area contributed by atoms with Gasteiger partial charge in [0.05, 0.1) is 0 Å². The second kappa shape index (κ2) is 2.12. The standard InChI is InChI=1S/C8H13Br/c1-6-4-8(2,3)5-7(6)9/h4-5H2,1-3H3. The van der Waals surface area contributed by atoms with Crippen molar-refractivity contribution in [1.29, 1.82) is 0 Å². The third-order valence-corrected chi connectivity index (χ3v) is 2.80. The molecule has 9 heavy (non-hydrogen) atoms. The van der Waals surface area contributed by atoms with Crippen molar-refractivity contribution < 1.29 is 0 Å². The average Bonchev–Trinajstić information content (AvgIpc) is 1.79. The van der Waals surface area contributed by atoms with E-state index in [2.05, 4.69) is 36.7 Å². The lowest BCUT2D eigenvalue weighted by molar-refractivity contribution is 0.393. The van der Waals surface area contributed by atoms with Crippen LogP contribution in [0.4, 0.5) is 0 Å². The summed E-state index contributed by atoms with van der Waals surface area (Å²) < 4.78 is 1.42. The summed E-state index contributed by atoms with van der Waals surface area (Å²) in [5.74, 6) is 0. The fourth-order valence-corrected chi connectivity index (χ4v) is 2.35. The van der Waals surface area contributed by atoms with Gasteiger partial charge in [0.2, 0.25) is 0 Å². The molecular weight excluding hydrogens is 176 g/mol. The number of hydrogen-bond donors (Lipinski definition) is 0. The van der Waals surface area contributed by atoms with Crippen LogP contribution in [0, 0.1) is 5.41 Å². The lowest BCUT2D eigenvalue weighted by Crippen LogP contribution is -2.04. The quantitative estimate of drug-likeness (QED) is 0.547. The minimum Gasteiger partial charge on any atom is -0.0626 e. The number of allylic oxidation sites excluding steroid dienone is 2. The van der Waals surface area contributed by atoms with Crippen LogP contribution in [-0.4, -0.2) is 0 Å². The summed E-state index contributed by atoms with van der Waals surface area (Å²) in [6.45, 7) is 6.83. The Morgan fingerprint density at radius 1 is 1.33 bits per heavy atom. The maximum Gasteiger partial charge on any atom is -0.00545 e. The Hall–Kier alpha value is 0.220. The van der Waals surface area contributed by atoms with Crippen LogP contribution in [0.25, 0.3) is 0 Å². The van der Waals surface area contributed by atoms with Gasteiger partial charge in [0.1, 0.15) is 0 Å². The van der Waals surface area contributed by atoms with E-state index >= 15 is 0 Å². The van der Waals surface area contributed by atoms with Gasteiger partial charge in [-0.3, -0.25) is 0 Å². The lowest BCUT2D eigenvalue weighted by atomic mass is 9.90. The second-order valence-electron chi connectivity index (χ2n) is 3.70. The molecule has 1 heteroatoms. The van der Waals surface area contributed by atoms with Gasteiger partial charge in [-0.15, -0.1) is 0 Å². The zero-order chi connectivity index (χ0) is 7.07. The van der Waals surface area contributed by atoms with Crippen LogP contribution in [0.1, 0.15) is 33.6 Å². The van der Waals surface area contributed by atoms with Crippen molar-refractivity contribution in [3.63, 3.8) is 0 Å². The summed E-state index contributed by atoms with van der Waals surface area (Å²) in [5.41, 5.74) is 2.04. The Labute approximate surface area is 65.5 Å². The Bertz CT molecular complexity index is 138. The second-order valence-corrected chi connectivity index (χ2v) is 4.66.